The molecule has 3 aromatic carbocycles. The van der Waals surface area contributed by atoms with E-state index in [0.717, 1.165) is 57.0 Å². The van der Waals surface area contributed by atoms with Crippen molar-refractivity contribution in [1.82, 2.24) is 9.97 Å². The van der Waals surface area contributed by atoms with Crippen molar-refractivity contribution in [3.05, 3.63) is 78.1 Å². The Kier molecular flexibility index (Phi) is 5.99. The van der Waals surface area contributed by atoms with Gasteiger partial charge in [-0.2, -0.15) is 0 Å². The molecule has 0 fully saturated rings. The zero-order valence-corrected chi connectivity index (χ0v) is 21.5. The largest absolute Gasteiger partial charge is 0.462 e. The third kappa shape index (κ3) is 5.06. The number of hydrogen-bond acceptors (Lipinski definition) is 8. The van der Waals surface area contributed by atoms with Crippen molar-refractivity contribution >= 4 is 52.1 Å². The molecule has 1 aromatic heterocycles. The normalized spacial score (nSPS) is 15.4. The van der Waals surface area contributed by atoms with Gasteiger partial charge in [-0.1, -0.05) is 12.2 Å². The second-order valence-electron chi connectivity index (χ2n) is 9.97. The van der Waals surface area contributed by atoms with Crippen molar-refractivity contribution < 1.29 is 9.47 Å². The summed E-state index contributed by atoms with van der Waals surface area (Å²) in [5.74, 6) is 2.24. The van der Waals surface area contributed by atoms with Crippen LogP contribution in [0.2, 0.25) is 0 Å². The molecule has 8 heteroatoms. The van der Waals surface area contributed by atoms with Gasteiger partial charge in [0.25, 0.3) is 6.02 Å². The maximum absolute atomic E-state index is 6.20. The van der Waals surface area contributed by atoms with Crippen molar-refractivity contribution in [2.75, 3.05) is 17.2 Å². The van der Waals surface area contributed by atoms with Crippen LogP contribution in [0.5, 0.6) is 11.5 Å². The number of benzene rings is 3. The van der Waals surface area contributed by atoms with Crippen LogP contribution in [0.15, 0.2) is 77.0 Å². The lowest BCUT2D eigenvalue weighted by atomic mass is 10.1. The SMILES string of the molecule is Cc1cc(Nc2ncnc3ccc(NC4=NC(C)(C)CO4)cc23)ccc1Oc1ccc2c(c1)N=CCC=C2. The Labute approximate surface area is 221 Å². The lowest BCUT2D eigenvalue weighted by Crippen LogP contribution is -2.17. The molecule has 0 spiro atoms. The van der Waals surface area contributed by atoms with Gasteiger partial charge in [-0.3, -0.25) is 4.99 Å². The Hall–Kier alpha value is -4.72. The van der Waals surface area contributed by atoms with E-state index in [0.29, 0.717) is 18.4 Å². The Bertz CT molecular complexity index is 1620. The lowest BCUT2D eigenvalue weighted by Gasteiger charge is -2.14. The van der Waals surface area contributed by atoms with Gasteiger partial charge in [0.1, 0.15) is 30.3 Å². The zero-order valence-electron chi connectivity index (χ0n) is 21.5. The predicted octanol–water partition coefficient (Wildman–Crippen LogP) is 7.17. The molecule has 190 valence electrons. The summed E-state index contributed by atoms with van der Waals surface area (Å²) in [6.45, 7) is 6.65. The molecule has 6 rings (SSSR count). The summed E-state index contributed by atoms with van der Waals surface area (Å²) >= 11 is 0. The standard InChI is InChI=1S/C30H28N6O2/c1-19-14-21(9-12-27(19)38-23-10-7-20-6-4-5-13-31-26(20)16-23)34-28-24-15-22(8-11-25(24)32-18-33-28)35-29-36-30(2,3)17-37-29/h4,6-16,18H,5,17H2,1-3H3,(H,35,36)(H,32,33,34). The summed E-state index contributed by atoms with van der Waals surface area (Å²) in [6.07, 6.45) is 8.49. The molecule has 0 bridgehead atoms. The number of hydrogen-bond donors (Lipinski definition) is 2. The molecule has 0 aliphatic carbocycles. The molecule has 3 heterocycles. The first-order valence-electron chi connectivity index (χ1n) is 12.5. The number of aromatic nitrogens is 2. The highest BCUT2D eigenvalue weighted by Crippen LogP contribution is 2.34. The van der Waals surface area contributed by atoms with E-state index in [1.807, 2.05) is 81.6 Å². The van der Waals surface area contributed by atoms with Crippen LogP contribution >= 0.6 is 0 Å². The molecule has 0 saturated heterocycles. The fraction of sp³-hybridized carbons (Fsp3) is 0.200. The maximum atomic E-state index is 6.20. The van der Waals surface area contributed by atoms with Crippen LogP contribution in [0, 0.1) is 6.92 Å². The van der Waals surface area contributed by atoms with Gasteiger partial charge in [-0.15, -0.1) is 0 Å². The first-order valence-corrected chi connectivity index (χ1v) is 12.5. The summed E-state index contributed by atoms with van der Waals surface area (Å²) in [5.41, 5.74) is 5.35. The minimum atomic E-state index is -0.229. The molecule has 2 aliphatic heterocycles. The van der Waals surface area contributed by atoms with Crippen LogP contribution in [0.4, 0.5) is 22.9 Å². The topological polar surface area (TPSA) is 93.0 Å². The van der Waals surface area contributed by atoms with Gasteiger partial charge < -0.3 is 20.1 Å². The molecule has 0 radical (unpaired) electrons. The number of nitrogens with one attached hydrogen (secondary N) is 2. The lowest BCUT2D eigenvalue weighted by molar-refractivity contribution is 0.278. The Morgan fingerprint density at radius 1 is 0.947 bits per heavy atom. The fourth-order valence-corrected chi connectivity index (χ4v) is 4.36. The van der Waals surface area contributed by atoms with Crippen LogP contribution in [0.3, 0.4) is 0 Å². The number of aryl methyl sites for hydroxylation is 1. The van der Waals surface area contributed by atoms with Gasteiger partial charge in [0.15, 0.2) is 0 Å². The Morgan fingerprint density at radius 3 is 2.66 bits per heavy atom. The molecule has 4 aromatic rings. The molecule has 2 N–H and O–H groups in total. The molecule has 0 amide bonds. The van der Waals surface area contributed by atoms with E-state index in [-0.39, 0.29) is 5.54 Å². The van der Waals surface area contributed by atoms with Crippen LogP contribution < -0.4 is 15.4 Å². The number of aliphatic imine (C=N–C) groups is 2. The zero-order chi connectivity index (χ0) is 26.1. The van der Waals surface area contributed by atoms with Gasteiger partial charge in [0.05, 0.1) is 16.7 Å². The van der Waals surface area contributed by atoms with E-state index >= 15 is 0 Å². The van der Waals surface area contributed by atoms with Crippen LogP contribution in [-0.2, 0) is 4.74 Å². The molecule has 0 unspecified atom stereocenters. The number of anilines is 3. The minimum Gasteiger partial charge on any atom is -0.462 e. The molecule has 0 saturated carbocycles. The smallest absolute Gasteiger partial charge is 0.289 e. The van der Waals surface area contributed by atoms with E-state index in [2.05, 4.69) is 42.7 Å². The first kappa shape index (κ1) is 23.7. The number of fused-ring (bicyclic) bond motifs is 2. The van der Waals surface area contributed by atoms with Gasteiger partial charge in [-0.05, 0) is 74.9 Å². The number of rotatable bonds is 5. The van der Waals surface area contributed by atoms with Crippen molar-refractivity contribution in [3.63, 3.8) is 0 Å². The third-order valence-corrected chi connectivity index (χ3v) is 6.29. The average molecular weight is 505 g/mol. The summed E-state index contributed by atoms with van der Waals surface area (Å²) in [5, 5.41) is 7.58. The summed E-state index contributed by atoms with van der Waals surface area (Å²) in [7, 11) is 0. The van der Waals surface area contributed by atoms with Crippen molar-refractivity contribution in [2.45, 2.75) is 32.7 Å². The highest BCUT2D eigenvalue weighted by atomic mass is 16.5. The summed E-state index contributed by atoms with van der Waals surface area (Å²) in [4.78, 5) is 18.0. The molecular weight excluding hydrogens is 476 g/mol. The van der Waals surface area contributed by atoms with Crippen LogP contribution in [-0.4, -0.2) is 34.4 Å². The van der Waals surface area contributed by atoms with Crippen molar-refractivity contribution in [1.29, 1.82) is 0 Å². The molecule has 8 nitrogen and oxygen atoms in total. The van der Waals surface area contributed by atoms with Gasteiger partial charge >= 0.3 is 0 Å². The molecular formula is C30H28N6O2. The van der Waals surface area contributed by atoms with E-state index in [1.165, 1.54) is 0 Å². The van der Waals surface area contributed by atoms with Crippen molar-refractivity contribution in [3.8, 4) is 11.5 Å². The number of nitrogens with zero attached hydrogens (tertiary/aromatic N) is 4. The van der Waals surface area contributed by atoms with Crippen LogP contribution in [0.1, 0.15) is 31.4 Å². The second-order valence-corrected chi connectivity index (χ2v) is 9.97. The summed E-state index contributed by atoms with van der Waals surface area (Å²) < 4.78 is 11.9. The molecule has 38 heavy (non-hydrogen) atoms. The van der Waals surface area contributed by atoms with Crippen LogP contribution in [0.25, 0.3) is 17.0 Å². The second kappa shape index (κ2) is 9.63. The monoisotopic (exact) mass is 504 g/mol. The van der Waals surface area contributed by atoms with Crippen molar-refractivity contribution in [2.24, 2.45) is 9.98 Å². The third-order valence-electron chi connectivity index (χ3n) is 6.29. The first-order chi connectivity index (χ1) is 18.4. The predicted molar refractivity (Wildman–Crippen MR) is 153 cm³/mol. The highest BCUT2D eigenvalue weighted by molar-refractivity contribution is 5.97. The number of allylic oxidation sites excluding steroid dienone is 1. The Balaban J connectivity index is 1.22. The van der Waals surface area contributed by atoms with E-state index in [9.17, 15) is 0 Å². The average Bonchev–Trinajstić information content (AvgIpc) is 3.08. The van der Waals surface area contributed by atoms with E-state index < -0.39 is 0 Å². The minimum absolute atomic E-state index is 0.229. The number of amidine groups is 1. The van der Waals surface area contributed by atoms with E-state index in [1.54, 1.807) is 6.33 Å². The number of ether oxygens (including phenoxy) is 2. The van der Waals surface area contributed by atoms with E-state index in [4.69, 9.17) is 9.47 Å². The molecule has 0 atom stereocenters. The van der Waals surface area contributed by atoms with Gasteiger partial charge in [-0.25, -0.2) is 15.0 Å². The molecule has 2 aliphatic rings. The summed E-state index contributed by atoms with van der Waals surface area (Å²) in [6, 6.07) is 18.4. The quantitative estimate of drug-likeness (QED) is 0.299. The van der Waals surface area contributed by atoms with Gasteiger partial charge in [0.2, 0.25) is 0 Å². The Morgan fingerprint density at radius 2 is 1.82 bits per heavy atom. The highest BCUT2D eigenvalue weighted by Gasteiger charge is 2.26. The van der Waals surface area contributed by atoms with Gasteiger partial charge in [0, 0.05) is 41.0 Å². The maximum Gasteiger partial charge on any atom is 0.289 e. The fourth-order valence-electron chi connectivity index (χ4n) is 4.36.